The molecular weight excluding hydrogens is 258 g/mol. The first-order chi connectivity index (χ1) is 6.38. The van der Waals surface area contributed by atoms with Gasteiger partial charge in [0.2, 0.25) is 0 Å². The maximum absolute atomic E-state index is 3.54. The van der Waals surface area contributed by atoms with Gasteiger partial charge in [-0.15, -0.1) is 11.3 Å². The van der Waals surface area contributed by atoms with Crippen molar-refractivity contribution in [2.75, 3.05) is 6.54 Å². The van der Waals surface area contributed by atoms with E-state index in [0.29, 0.717) is 11.5 Å². The van der Waals surface area contributed by atoms with E-state index in [4.69, 9.17) is 0 Å². The molecule has 0 radical (unpaired) electrons. The van der Waals surface area contributed by atoms with E-state index in [9.17, 15) is 0 Å². The van der Waals surface area contributed by atoms with Crippen molar-refractivity contribution in [2.45, 2.75) is 33.7 Å². The number of thiophene rings is 1. The molecule has 1 atom stereocenters. The number of hydrogen-bond acceptors (Lipinski definition) is 2. The van der Waals surface area contributed by atoms with Gasteiger partial charge in [0.05, 0.1) is 3.79 Å². The summed E-state index contributed by atoms with van der Waals surface area (Å²) < 4.78 is 1.21. The highest BCUT2D eigenvalue weighted by Crippen LogP contribution is 2.27. The van der Waals surface area contributed by atoms with E-state index >= 15 is 0 Å². The van der Waals surface area contributed by atoms with Gasteiger partial charge in [0.25, 0.3) is 0 Å². The second-order valence-corrected chi connectivity index (χ2v) is 7.30. The minimum atomic E-state index is 0.350. The Morgan fingerprint density at radius 1 is 1.43 bits per heavy atom. The molecule has 0 aromatic carbocycles. The van der Waals surface area contributed by atoms with Crippen LogP contribution in [0.15, 0.2) is 15.9 Å². The Labute approximate surface area is 99.0 Å². The van der Waals surface area contributed by atoms with E-state index in [2.05, 4.69) is 61.1 Å². The third kappa shape index (κ3) is 4.11. The fourth-order valence-corrected chi connectivity index (χ4v) is 2.57. The average Bonchev–Trinajstić information content (AvgIpc) is 2.46. The lowest BCUT2D eigenvalue weighted by Crippen LogP contribution is -2.28. The molecule has 0 aliphatic heterocycles. The number of hydrogen-bond donors (Lipinski definition) is 1. The predicted octanol–water partition coefficient (Wildman–Crippen LogP) is 4.21. The van der Waals surface area contributed by atoms with Crippen LogP contribution in [-0.2, 0) is 0 Å². The Kier molecular flexibility index (Phi) is 4.16. The monoisotopic (exact) mass is 275 g/mol. The van der Waals surface area contributed by atoms with E-state index in [0.717, 1.165) is 6.54 Å². The normalized spacial score (nSPS) is 14.4. The van der Waals surface area contributed by atoms with Gasteiger partial charge in [-0.1, -0.05) is 20.8 Å². The Balaban J connectivity index is 2.47. The molecule has 0 fully saturated rings. The highest BCUT2D eigenvalue weighted by atomic mass is 79.9. The van der Waals surface area contributed by atoms with Gasteiger partial charge in [-0.2, -0.15) is 0 Å². The Morgan fingerprint density at radius 2 is 2.07 bits per heavy atom. The molecule has 1 aromatic rings. The van der Waals surface area contributed by atoms with E-state index in [1.807, 2.05) is 0 Å². The summed E-state index contributed by atoms with van der Waals surface area (Å²) in [6.45, 7) is 10.00. The molecule has 0 saturated heterocycles. The fourth-order valence-electron chi connectivity index (χ4n) is 1.12. The molecule has 1 nitrogen and oxygen atoms in total. The van der Waals surface area contributed by atoms with Gasteiger partial charge in [0, 0.05) is 17.5 Å². The molecule has 0 aliphatic carbocycles. The molecule has 1 heterocycles. The first-order valence-corrected chi connectivity index (χ1v) is 6.48. The molecule has 0 aliphatic rings. The molecular formula is C11H18BrNS. The molecule has 1 rings (SSSR count). The molecule has 1 aromatic heterocycles. The smallest absolute Gasteiger partial charge is 0.0701 e. The van der Waals surface area contributed by atoms with Crippen LogP contribution >= 0.6 is 27.3 Å². The quantitative estimate of drug-likeness (QED) is 0.872. The van der Waals surface area contributed by atoms with Crippen molar-refractivity contribution in [1.82, 2.24) is 5.32 Å². The van der Waals surface area contributed by atoms with Crippen molar-refractivity contribution >= 4 is 27.3 Å². The molecule has 14 heavy (non-hydrogen) atoms. The lowest BCUT2D eigenvalue weighted by atomic mass is 9.96. The lowest BCUT2D eigenvalue weighted by molar-refractivity contribution is 0.361. The van der Waals surface area contributed by atoms with E-state index in [-0.39, 0.29) is 0 Å². The van der Waals surface area contributed by atoms with Crippen molar-refractivity contribution in [3.63, 3.8) is 0 Å². The summed E-state index contributed by atoms with van der Waals surface area (Å²) in [6, 6.07) is 4.73. The second kappa shape index (κ2) is 4.77. The summed E-state index contributed by atoms with van der Waals surface area (Å²) in [7, 11) is 0. The van der Waals surface area contributed by atoms with Crippen molar-refractivity contribution in [1.29, 1.82) is 0 Å². The third-order valence-electron chi connectivity index (χ3n) is 1.96. The van der Waals surface area contributed by atoms with Crippen LogP contribution in [0, 0.1) is 5.41 Å². The topological polar surface area (TPSA) is 12.0 Å². The lowest BCUT2D eigenvalue weighted by Gasteiger charge is -2.22. The zero-order chi connectivity index (χ0) is 10.8. The first-order valence-electron chi connectivity index (χ1n) is 4.87. The molecule has 0 saturated carbocycles. The van der Waals surface area contributed by atoms with Crippen LogP contribution in [0.5, 0.6) is 0 Å². The highest BCUT2D eigenvalue weighted by Gasteiger charge is 2.13. The van der Waals surface area contributed by atoms with Crippen molar-refractivity contribution in [3.8, 4) is 0 Å². The zero-order valence-corrected chi connectivity index (χ0v) is 11.6. The second-order valence-electron chi connectivity index (χ2n) is 4.81. The predicted molar refractivity (Wildman–Crippen MR) is 67.9 cm³/mol. The van der Waals surface area contributed by atoms with Crippen molar-refractivity contribution in [3.05, 3.63) is 20.8 Å². The van der Waals surface area contributed by atoms with Gasteiger partial charge in [-0.25, -0.2) is 0 Å². The molecule has 3 heteroatoms. The zero-order valence-electron chi connectivity index (χ0n) is 9.23. The van der Waals surface area contributed by atoms with Crippen molar-refractivity contribution in [2.24, 2.45) is 5.41 Å². The van der Waals surface area contributed by atoms with Crippen LogP contribution in [0.2, 0.25) is 0 Å². The third-order valence-corrected chi connectivity index (χ3v) is 3.77. The Morgan fingerprint density at radius 3 is 2.50 bits per heavy atom. The number of rotatable bonds is 3. The Bertz CT molecular complexity index is 288. The first kappa shape index (κ1) is 12.2. The van der Waals surface area contributed by atoms with Crippen LogP contribution < -0.4 is 5.32 Å². The van der Waals surface area contributed by atoms with Gasteiger partial charge in [-0.3, -0.25) is 0 Å². The summed E-state index contributed by atoms with van der Waals surface area (Å²) in [5, 5.41) is 3.54. The van der Waals surface area contributed by atoms with Crippen LogP contribution in [0.4, 0.5) is 0 Å². The van der Waals surface area contributed by atoms with Gasteiger partial charge in [-0.05, 0) is 40.4 Å². The average molecular weight is 276 g/mol. The maximum Gasteiger partial charge on any atom is 0.0701 e. The molecule has 1 unspecified atom stereocenters. The van der Waals surface area contributed by atoms with Gasteiger partial charge in [0.1, 0.15) is 0 Å². The van der Waals surface area contributed by atoms with E-state index in [1.165, 1.54) is 8.66 Å². The standard InChI is InChI=1S/C11H18BrNS/c1-8(13-7-11(2,3)4)9-5-6-10(12)14-9/h5-6,8,13H,7H2,1-4H3. The highest BCUT2D eigenvalue weighted by molar-refractivity contribution is 9.11. The SMILES string of the molecule is CC(NCC(C)(C)C)c1ccc(Br)s1. The minimum Gasteiger partial charge on any atom is -0.309 e. The summed E-state index contributed by atoms with van der Waals surface area (Å²) in [5.74, 6) is 0. The van der Waals surface area contributed by atoms with Crippen molar-refractivity contribution < 1.29 is 0 Å². The molecule has 0 amide bonds. The van der Waals surface area contributed by atoms with Crippen LogP contribution in [0.1, 0.15) is 38.6 Å². The van der Waals surface area contributed by atoms with Gasteiger partial charge in [0.15, 0.2) is 0 Å². The number of halogens is 1. The summed E-state index contributed by atoms with van der Waals surface area (Å²) in [6.07, 6.45) is 0. The van der Waals surface area contributed by atoms with Gasteiger partial charge < -0.3 is 5.32 Å². The van der Waals surface area contributed by atoms with Crippen LogP contribution in [0.3, 0.4) is 0 Å². The summed E-state index contributed by atoms with van der Waals surface area (Å²) >= 11 is 5.28. The minimum absolute atomic E-state index is 0.350. The van der Waals surface area contributed by atoms with E-state index in [1.54, 1.807) is 11.3 Å². The largest absolute Gasteiger partial charge is 0.309 e. The molecule has 0 spiro atoms. The van der Waals surface area contributed by atoms with Crippen LogP contribution in [-0.4, -0.2) is 6.54 Å². The summed E-state index contributed by atoms with van der Waals surface area (Å²) in [4.78, 5) is 1.39. The van der Waals surface area contributed by atoms with Crippen LogP contribution in [0.25, 0.3) is 0 Å². The maximum atomic E-state index is 3.54. The summed E-state index contributed by atoms with van der Waals surface area (Å²) in [5.41, 5.74) is 0.350. The van der Waals surface area contributed by atoms with Gasteiger partial charge >= 0.3 is 0 Å². The van der Waals surface area contributed by atoms with E-state index < -0.39 is 0 Å². The molecule has 0 bridgehead atoms. The fraction of sp³-hybridized carbons (Fsp3) is 0.636. The number of nitrogens with one attached hydrogen (secondary N) is 1. The Hall–Kier alpha value is 0.140. The molecule has 80 valence electrons. The molecule has 1 N–H and O–H groups in total.